The Kier molecular flexibility index (Phi) is 8.93. The largest absolute Gasteiger partial charge is 0.396 e. The minimum atomic E-state index is -0.392. The van der Waals surface area contributed by atoms with Crippen LogP contribution in [0.2, 0.25) is 0 Å². The third kappa shape index (κ3) is 6.35. The molecule has 0 bridgehead atoms. The summed E-state index contributed by atoms with van der Waals surface area (Å²) in [5, 5.41) is 12.5. The van der Waals surface area contributed by atoms with Crippen molar-refractivity contribution >= 4 is 5.91 Å². The highest BCUT2D eigenvalue weighted by Crippen LogP contribution is 2.22. The number of piperidine rings is 1. The first-order chi connectivity index (χ1) is 10.1. The minimum Gasteiger partial charge on any atom is -0.396 e. The number of nitrogens with zero attached hydrogens (tertiary/aromatic N) is 1. The van der Waals surface area contributed by atoms with E-state index < -0.39 is 5.54 Å². The van der Waals surface area contributed by atoms with Gasteiger partial charge in [-0.05, 0) is 45.6 Å². The number of carbonyl (C=O) groups excluding carboxylic acids is 1. The smallest absolute Gasteiger partial charge is 0.242 e. The fraction of sp³-hybridized carbons (Fsp3) is 0.941. The molecule has 1 heterocycles. The molecule has 1 aliphatic heterocycles. The summed E-state index contributed by atoms with van der Waals surface area (Å²) in [4.78, 5) is 14.8. The Morgan fingerprint density at radius 3 is 2.48 bits per heavy atom. The second-order valence-corrected chi connectivity index (χ2v) is 6.50. The number of hydrogen-bond acceptors (Lipinski definition) is 3. The third-order valence-corrected chi connectivity index (χ3v) is 4.50. The zero-order chi connectivity index (χ0) is 15.6. The summed E-state index contributed by atoms with van der Waals surface area (Å²) in [5.74, 6) is 0.228. The van der Waals surface area contributed by atoms with Crippen LogP contribution in [0.1, 0.15) is 71.6 Å². The topological polar surface area (TPSA) is 52.6 Å². The Bertz CT molecular complexity index is 289. The Balaban J connectivity index is 2.48. The first-order valence-corrected chi connectivity index (χ1v) is 8.79. The molecule has 1 fully saturated rings. The maximum absolute atomic E-state index is 12.8. The van der Waals surface area contributed by atoms with E-state index in [1.807, 2.05) is 11.8 Å². The van der Waals surface area contributed by atoms with Gasteiger partial charge in [-0.1, -0.05) is 32.6 Å². The minimum absolute atomic E-state index is 0.157. The monoisotopic (exact) mass is 298 g/mol. The molecule has 0 aromatic carbocycles. The van der Waals surface area contributed by atoms with Gasteiger partial charge >= 0.3 is 0 Å². The average molecular weight is 298 g/mol. The standard InChI is InChI=1S/C17H34N2O2/c1-3-4-5-6-9-13-19(14-10-15-20)16(21)17(2)11-7-8-12-18-17/h18,20H,3-15H2,1-2H3. The van der Waals surface area contributed by atoms with Crippen molar-refractivity contribution in [3.05, 3.63) is 0 Å². The number of aliphatic hydroxyl groups is 1. The summed E-state index contributed by atoms with van der Waals surface area (Å²) in [6, 6.07) is 0. The lowest BCUT2D eigenvalue weighted by molar-refractivity contribution is -0.139. The van der Waals surface area contributed by atoms with Crippen LogP contribution in [-0.2, 0) is 4.79 Å². The highest BCUT2D eigenvalue weighted by atomic mass is 16.3. The van der Waals surface area contributed by atoms with Crippen LogP contribution in [-0.4, -0.2) is 47.7 Å². The quantitative estimate of drug-likeness (QED) is 0.610. The highest BCUT2D eigenvalue weighted by Gasteiger charge is 2.37. The van der Waals surface area contributed by atoms with Crippen molar-refractivity contribution in [3.63, 3.8) is 0 Å². The van der Waals surface area contributed by atoms with E-state index in [-0.39, 0.29) is 12.5 Å². The van der Waals surface area contributed by atoms with Gasteiger partial charge in [-0.3, -0.25) is 4.79 Å². The Labute approximate surface area is 130 Å². The van der Waals surface area contributed by atoms with Crippen LogP contribution in [0.3, 0.4) is 0 Å². The molecule has 0 saturated carbocycles. The first-order valence-electron chi connectivity index (χ1n) is 8.79. The van der Waals surface area contributed by atoms with Gasteiger partial charge in [-0.15, -0.1) is 0 Å². The number of unbranched alkanes of at least 4 members (excludes halogenated alkanes) is 4. The summed E-state index contributed by atoms with van der Waals surface area (Å²) >= 11 is 0. The van der Waals surface area contributed by atoms with Gasteiger partial charge in [0.05, 0.1) is 5.54 Å². The summed E-state index contributed by atoms with van der Waals surface area (Å²) in [6.45, 7) is 6.86. The predicted octanol–water partition coefficient (Wildman–Crippen LogP) is 2.70. The molecule has 21 heavy (non-hydrogen) atoms. The molecule has 1 unspecified atom stereocenters. The maximum Gasteiger partial charge on any atom is 0.242 e. The molecule has 0 radical (unpaired) electrons. The van der Waals surface area contributed by atoms with E-state index in [1.54, 1.807) is 0 Å². The van der Waals surface area contributed by atoms with E-state index in [9.17, 15) is 4.79 Å². The maximum atomic E-state index is 12.8. The second-order valence-electron chi connectivity index (χ2n) is 6.50. The number of nitrogens with one attached hydrogen (secondary N) is 1. The van der Waals surface area contributed by atoms with Crippen LogP contribution in [0, 0.1) is 0 Å². The zero-order valence-corrected chi connectivity index (χ0v) is 14.0. The molecule has 1 amide bonds. The van der Waals surface area contributed by atoms with Crippen LogP contribution in [0.5, 0.6) is 0 Å². The number of carbonyl (C=O) groups is 1. The Morgan fingerprint density at radius 2 is 1.86 bits per heavy atom. The summed E-state index contributed by atoms with van der Waals surface area (Å²) in [7, 11) is 0. The van der Waals surface area contributed by atoms with E-state index in [4.69, 9.17) is 5.11 Å². The van der Waals surface area contributed by atoms with Gasteiger partial charge in [0.15, 0.2) is 0 Å². The fourth-order valence-corrected chi connectivity index (χ4v) is 3.07. The summed E-state index contributed by atoms with van der Waals surface area (Å²) in [6.07, 6.45) is 9.95. The Morgan fingerprint density at radius 1 is 1.14 bits per heavy atom. The van der Waals surface area contributed by atoms with Gasteiger partial charge in [-0.2, -0.15) is 0 Å². The number of aliphatic hydroxyl groups excluding tert-OH is 1. The van der Waals surface area contributed by atoms with Gasteiger partial charge in [-0.25, -0.2) is 0 Å². The van der Waals surface area contributed by atoms with E-state index in [1.165, 1.54) is 25.7 Å². The van der Waals surface area contributed by atoms with E-state index in [2.05, 4.69) is 12.2 Å². The van der Waals surface area contributed by atoms with Crippen LogP contribution in [0.4, 0.5) is 0 Å². The second kappa shape index (κ2) is 10.2. The molecule has 4 nitrogen and oxygen atoms in total. The van der Waals surface area contributed by atoms with Crippen molar-refractivity contribution in [3.8, 4) is 0 Å². The number of rotatable bonds is 10. The van der Waals surface area contributed by atoms with E-state index in [0.29, 0.717) is 13.0 Å². The molecule has 0 aromatic heterocycles. The van der Waals surface area contributed by atoms with E-state index in [0.717, 1.165) is 38.8 Å². The molecule has 0 aliphatic carbocycles. The lowest BCUT2D eigenvalue weighted by Gasteiger charge is -2.38. The first kappa shape index (κ1) is 18.4. The summed E-state index contributed by atoms with van der Waals surface area (Å²) < 4.78 is 0. The third-order valence-electron chi connectivity index (χ3n) is 4.50. The van der Waals surface area contributed by atoms with Crippen molar-refractivity contribution in [1.29, 1.82) is 0 Å². The van der Waals surface area contributed by atoms with Crippen LogP contribution in [0.15, 0.2) is 0 Å². The number of hydrogen-bond donors (Lipinski definition) is 2. The molecular formula is C17H34N2O2. The molecule has 2 N–H and O–H groups in total. The van der Waals surface area contributed by atoms with Gasteiger partial charge in [0.2, 0.25) is 5.91 Å². The molecule has 4 heteroatoms. The molecular weight excluding hydrogens is 264 g/mol. The molecule has 1 saturated heterocycles. The molecule has 1 aliphatic rings. The average Bonchev–Trinajstić information content (AvgIpc) is 2.50. The predicted molar refractivity (Wildman–Crippen MR) is 87.3 cm³/mol. The van der Waals surface area contributed by atoms with Crippen molar-refractivity contribution < 1.29 is 9.90 Å². The molecule has 1 atom stereocenters. The lowest BCUT2D eigenvalue weighted by Crippen LogP contribution is -2.58. The zero-order valence-electron chi connectivity index (χ0n) is 14.0. The van der Waals surface area contributed by atoms with Crippen molar-refractivity contribution in [2.24, 2.45) is 0 Å². The van der Waals surface area contributed by atoms with Gasteiger partial charge < -0.3 is 15.3 Å². The molecule has 1 rings (SSSR count). The summed E-state index contributed by atoms with van der Waals surface area (Å²) in [5.41, 5.74) is -0.392. The van der Waals surface area contributed by atoms with E-state index >= 15 is 0 Å². The lowest BCUT2D eigenvalue weighted by atomic mass is 9.89. The SMILES string of the molecule is CCCCCCCN(CCCO)C(=O)C1(C)CCCCN1. The van der Waals surface area contributed by atoms with Crippen LogP contribution < -0.4 is 5.32 Å². The highest BCUT2D eigenvalue weighted by molar-refractivity contribution is 5.86. The normalized spacial score (nSPS) is 22.2. The molecule has 0 aromatic rings. The number of amides is 1. The van der Waals surface area contributed by atoms with Gasteiger partial charge in [0, 0.05) is 19.7 Å². The fourth-order valence-electron chi connectivity index (χ4n) is 3.07. The van der Waals surface area contributed by atoms with Crippen molar-refractivity contribution in [2.45, 2.75) is 77.2 Å². The Hall–Kier alpha value is -0.610. The van der Waals surface area contributed by atoms with Crippen molar-refractivity contribution in [2.75, 3.05) is 26.2 Å². The van der Waals surface area contributed by atoms with Gasteiger partial charge in [0.25, 0.3) is 0 Å². The molecule has 124 valence electrons. The van der Waals surface area contributed by atoms with Crippen LogP contribution in [0.25, 0.3) is 0 Å². The van der Waals surface area contributed by atoms with Crippen LogP contribution >= 0.6 is 0 Å². The van der Waals surface area contributed by atoms with Crippen molar-refractivity contribution in [1.82, 2.24) is 10.2 Å². The molecule has 0 spiro atoms. The van der Waals surface area contributed by atoms with Gasteiger partial charge in [0.1, 0.15) is 0 Å².